The number of aromatic nitrogens is 2. The van der Waals surface area contributed by atoms with Gasteiger partial charge in [0.25, 0.3) is 0 Å². The number of aliphatic hydroxyl groups is 2. The Balaban J connectivity index is 2.04. The minimum Gasteiger partial charge on any atom is -0.396 e. The van der Waals surface area contributed by atoms with Crippen molar-refractivity contribution in [3.63, 3.8) is 0 Å². The van der Waals surface area contributed by atoms with Crippen LogP contribution in [0.5, 0.6) is 0 Å². The largest absolute Gasteiger partial charge is 0.396 e. The third kappa shape index (κ3) is 3.34. The molecule has 2 rings (SSSR count). The molecule has 5 heteroatoms. The first kappa shape index (κ1) is 15.4. The van der Waals surface area contributed by atoms with Crippen molar-refractivity contribution in [3.8, 4) is 0 Å². The summed E-state index contributed by atoms with van der Waals surface area (Å²) in [7, 11) is 0. The molecule has 0 amide bonds. The molecule has 0 unspecified atom stereocenters. The molecule has 5 nitrogen and oxygen atoms in total. The van der Waals surface area contributed by atoms with Gasteiger partial charge in [0.2, 0.25) is 0 Å². The van der Waals surface area contributed by atoms with Crippen molar-refractivity contribution in [3.05, 3.63) is 23.8 Å². The average Bonchev–Trinajstić information content (AvgIpc) is 2.45. The SMILES string of the molecule is CCC[C@@]1(CO)CN(Cc2cnc(C)nc2)CC[C@H]1O. The van der Waals surface area contributed by atoms with Crippen LogP contribution in [0.15, 0.2) is 12.4 Å². The summed E-state index contributed by atoms with van der Waals surface area (Å²) < 4.78 is 0. The van der Waals surface area contributed by atoms with Gasteiger partial charge in [-0.15, -0.1) is 0 Å². The second kappa shape index (κ2) is 6.61. The highest BCUT2D eigenvalue weighted by Crippen LogP contribution is 2.35. The third-order valence-electron chi connectivity index (χ3n) is 4.27. The number of likely N-dealkylation sites (tertiary alicyclic amines) is 1. The molecule has 0 radical (unpaired) electrons. The number of rotatable bonds is 5. The monoisotopic (exact) mass is 279 g/mol. The normalized spacial score (nSPS) is 27.7. The molecule has 20 heavy (non-hydrogen) atoms. The topological polar surface area (TPSA) is 69.5 Å². The highest BCUT2D eigenvalue weighted by Gasteiger charge is 2.41. The van der Waals surface area contributed by atoms with E-state index in [0.717, 1.165) is 43.9 Å². The van der Waals surface area contributed by atoms with E-state index in [-0.39, 0.29) is 12.0 Å². The van der Waals surface area contributed by atoms with Crippen molar-refractivity contribution in [1.29, 1.82) is 0 Å². The molecular weight excluding hydrogens is 254 g/mol. The van der Waals surface area contributed by atoms with Crippen molar-refractivity contribution in [2.75, 3.05) is 19.7 Å². The van der Waals surface area contributed by atoms with Crippen molar-refractivity contribution in [2.45, 2.75) is 45.8 Å². The van der Waals surface area contributed by atoms with Crippen LogP contribution >= 0.6 is 0 Å². The van der Waals surface area contributed by atoms with Gasteiger partial charge in [-0.25, -0.2) is 9.97 Å². The van der Waals surface area contributed by atoms with Gasteiger partial charge in [-0.1, -0.05) is 13.3 Å². The van der Waals surface area contributed by atoms with Gasteiger partial charge in [0.15, 0.2) is 0 Å². The van der Waals surface area contributed by atoms with Gasteiger partial charge >= 0.3 is 0 Å². The molecule has 1 aliphatic rings. The van der Waals surface area contributed by atoms with Crippen LogP contribution < -0.4 is 0 Å². The van der Waals surface area contributed by atoms with E-state index in [1.165, 1.54) is 0 Å². The number of aliphatic hydroxyl groups excluding tert-OH is 2. The highest BCUT2D eigenvalue weighted by molar-refractivity contribution is 5.05. The minimum atomic E-state index is -0.405. The second-order valence-corrected chi connectivity index (χ2v) is 5.92. The molecule has 0 saturated carbocycles. The van der Waals surface area contributed by atoms with E-state index < -0.39 is 6.10 Å². The molecular formula is C15H25N3O2. The molecule has 1 aliphatic heterocycles. The van der Waals surface area contributed by atoms with Crippen molar-refractivity contribution >= 4 is 0 Å². The van der Waals surface area contributed by atoms with E-state index in [4.69, 9.17) is 0 Å². The third-order valence-corrected chi connectivity index (χ3v) is 4.27. The van der Waals surface area contributed by atoms with Crippen molar-refractivity contribution in [2.24, 2.45) is 5.41 Å². The summed E-state index contributed by atoms with van der Waals surface area (Å²) in [5.74, 6) is 0.776. The summed E-state index contributed by atoms with van der Waals surface area (Å²) in [4.78, 5) is 10.7. The molecule has 2 N–H and O–H groups in total. The van der Waals surface area contributed by atoms with Crippen LogP contribution in [-0.4, -0.2) is 50.9 Å². The second-order valence-electron chi connectivity index (χ2n) is 5.92. The zero-order chi connectivity index (χ0) is 14.6. The zero-order valence-electron chi connectivity index (χ0n) is 12.4. The standard InChI is InChI=1S/C15H25N3O2/c1-3-5-15(11-19)10-18(6-4-14(15)20)9-13-7-16-12(2)17-8-13/h7-8,14,19-20H,3-6,9-11H2,1-2H3/t14-,15+/m1/s1. The Morgan fingerprint density at radius 1 is 1.40 bits per heavy atom. The molecule has 0 aliphatic carbocycles. The maximum absolute atomic E-state index is 10.3. The predicted molar refractivity (Wildman–Crippen MR) is 77.1 cm³/mol. The zero-order valence-corrected chi connectivity index (χ0v) is 12.4. The van der Waals surface area contributed by atoms with Gasteiger partial charge in [-0.2, -0.15) is 0 Å². The lowest BCUT2D eigenvalue weighted by molar-refractivity contribution is -0.0820. The first-order chi connectivity index (χ1) is 9.59. The summed E-state index contributed by atoms with van der Waals surface area (Å²) in [6.45, 7) is 6.37. The number of aryl methyl sites for hydroxylation is 1. The van der Waals surface area contributed by atoms with Crippen LogP contribution in [0.3, 0.4) is 0 Å². The Labute approximate surface area is 120 Å². The minimum absolute atomic E-state index is 0.0445. The summed E-state index contributed by atoms with van der Waals surface area (Å²) >= 11 is 0. The van der Waals surface area contributed by atoms with Gasteiger partial charge in [-0.3, -0.25) is 4.90 Å². The van der Waals surface area contributed by atoms with Gasteiger partial charge in [-0.05, 0) is 19.8 Å². The summed E-state index contributed by atoms with van der Waals surface area (Å²) in [5, 5.41) is 20.0. The first-order valence-corrected chi connectivity index (χ1v) is 7.38. The lowest BCUT2D eigenvalue weighted by Gasteiger charge is -2.45. The molecule has 112 valence electrons. The van der Waals surface area contributed by atoms with E-state index in [9.17, 15) is 10.2 Å². The smallest absolute Gasteiger partial charge is 0.125 e. The van der Waals surface area contributed by atoms with Gasteiger partial charge < -0.3 is 10.2 Å². The molecule has 1 aromatic rings. The molecule has 0 aromatic carbocycles. The Morgan fingerprint density at radius 3 is 2.70 bits per heavy atom. The first-order valence-electron chi connectivity index (χ1n) is 7.38. The maximum atomic E-state index is 10.3. The van der Waals surface area contributed by atoms with Crippen LogP contribution in [0.2, 0.25) is 0 Å². The summed E-state index contributed by atoms with van der Waals surface area (Å²) in [6.07, 6.45) is 5.84. The van der Waals surface area contributed by atoms with Crippen LogP contribution in [-0.2, 0) is 6.54 Å². The van der Waals surface area contributed by atoms with Crippen molar-refractivity contribution in [1.82, 2.24) is 14.9 Å². The quantitative estimate of drug-likeness (QED) is 0.845. The number of hydrogen-bond donors (Lipinski definition) is 2. The summed E-state index contributed by atoms with van der Waals surface area (Å²) in [6, 6.07) is 0. The lowest BCUT2D eigenvalue weighted by atomic mass is 9.74. The van der Waals surface area contributed by atoms with E-state index >= 15 is 0 Å². The van der Waals surface area contributed by atoms with Gasteiger partial charge in [0.1, 0.15) is 5.82 Å². The Hall–Kier alpha value is -1.04. The van der Waals surface area contributed by atoms with Gasteiger partial charge in [0, 0.05) is 43.0 Å². The number of nitrogens with zero attached hydrogens (tertiary/aromatic N) is 3. The fourth-order valence-corrected chi connectivity index (χ4v) is 3.11. The maximum Gasteiger partial charge on any atom is 0.125 e. The molecule has 2 atom stereocenters. The lowest BCUT2D eigenvalue weighted by Crippen LogP contribution is -2.53. The Kier molecular flexibility index (Phi) is 5.07. The Morgan fingerprint density at radius 2 is 2.10 bits per heavy atom. The average molecular weight is 279 g/mol. The fraction of sp³-hybridized carbons (Fsp3) is 0.733. The van der Waals surface area contributed by atoms with E-state index in [1.807, 2.05) is 19.3 Å². The Bertz CT molecular complexity index is 424. The van der Waals surface area contributed by atoms with Crippen LogP contribution in [0.1, 0.15) is 37.6 Å². The highest BCUT2D eigenvalue weighted by atomic mass is 16.3. The number of piperidine rings is 1. The van der Waals surface area contributed by atoms with Crippen LogP contribution in [0.25, 0.3) is 0 Å². The van der Waals surface area contributed by atoms with E-state index in [2.05, 4.69) is 21.8 Å². The molecule has 2 heterocycles. The van der Waals surface area contributed by atoms with Crippen LogP contribution in [0, 0.1) is 12.3 Å². The van der Waals surface area contributed by atoms with E-state index in [1.54, 1.807) is 0 Å². The molecule has 1 fully saturated rings. The van der Waals surface area contributed by atoms with Gasteiger partial charge in [0.05, 0.1) is 12.7 Å². The predicted octanol–water partition coefficient (Wildman–Crippen LogP) is 1.13. The van der Waals surface area contributed by atoms with Crippen molar-refractivity contribution < 1.29 is 10.2 Å². The molecule has 1 saturated heterocycles. The van der Waals surface area contributed by atoms with E-state index in [0.29, 0.717) is 6.42 Å². The van der Waals surface area contributed by atoms with Crippen LogP contribution in [0.4, 0.5) is 0 Å². The fourth-order valence-electron chi connectivity index (χ4n) is 3.11. The summed E-state index contributed by atoms with van der Waals surface area (Å²) in [5.41, 5.74) is 0.703. The number of hydrogen-bond acceptors (Lipinski definition) is 5. The molecule has 0 spiro atoms. The molecule has 1 aromatic heterocycles. The molecule has 0 bridgehead atoms.